The number of benzene rings is 2. The Bertz CT molecular complexity index is 758. The maximum atomic E-state index is 11.8. The number of hydrogen-bond donors (Lipinski definition) is 2. The molecule has 0 saturated heterocycles. The van der Waals surface area contributed by atoms with Crippen molar-refractivity contribution in [2.24, 2.45) is 5.10 Å². The molecule has 0 radical (unpaired) electrons. The Morgan fingerprint density at radius 3 is 2.43 bits per heavy atom. The van der Waals surface area contributed by atoms with Gasteiger partial charge in [-0.3, -0.25) is 9.59 Å². The molecule has 0 aromatic heterocycles. The fourth-order valence-electron chi connectivity index (χ4n) is 1.65. The first-order valence-corrected chi connectivity index (χ1v) is 7.38. The molecule has 2 aromatic carbocycles. The Kier molecular flexibility index (Phi) is 5.73. The molecule has 0 saturated carbocycles. The molecule has 2 aromatic rings. The quantitative estimate of drug-likeness (QED) is 0.506. The predicted octanol–water partition coefficient (Wildman–Crippen LogP) is 3.39. The molecule has 0 atom stereocenters. The summed E-state index contributed by atoms with van der Waals surface area (Å²) in [7, 11) is 0. The molecule has 0 aliphatic heterocycles. The predicted molar refractivity (Wildman–Crippen MR) is 92.0 cm³/mol. The van der Waals surface area contributed by atoms with E-state index in [9.17, 15) is 9.59 Å². The minimum atomic E-state index is -0.913. The average molecular weight is 350 g/mol. The Morgan fingerprint density at radius 2 is 1.74 bits per heavy atom. The first kappa shape index (κ1) is 17.0. The van der Waals surface area contributed by atoms with Gasteiger partial charge in [-0.05, 0) is 24.6 Å². The number of halogens is 2. The van der Waals surface area contributed by atoms with Crippen LogP contribution in [0.15, 0.2) is 47.6 Å². The summed E-state index contributed by atoms with van der Waals surface area (Å²) in [6, 6.07) is 12.2. The number of hydrazone groups is 1. The average Bonchev–Trinajstić information content (AvgIpc) is 2.53. The number of carbonyl (C=O) groups excluding carboxylic acids is 2. The van der Waals surface area contributed by atoms with Crippen LogP contribution in [-0.2, 0) is 9.59 Å². The highest BCUT2D eigenvalue weighted by atomic mass is 35.5. The van der Waals surface area contributed by atoms with Crippen molar-refractivity contribution in [1.29, 1.82) is 0 Å². The van der Waals surface area contributed by atoms with Crippen LogP contribution in [0.3, 0.4) is 0 Å². The van der Waals surface area contributed by atoms with E-state index in [0.29, 0.717) is 0 Å². The van der Waals surface area contributed by atoms with Gasteiger partial charge >= 0.3 is 11.8 Å². The normalized spacial score (nSPS) is 10.6. The summed E-state index contributed by atoms with van der Waals surface area (Å²) in [4.78, 5) is 23.4. The number of nitrogens with one attached hydrogen (secondary N) is 2. The van der Waals surface area contributed by atoms with Crippen LogP contribution in [0.1, 0.15) is 11.1 Å². The largest absolute Gasteiger partial charge is 0.329 e. The molecule has 5 nitrogen and oxygen atoms in total. The monoisotopic (exact) mass is 349 g/mol. The van der Waals surface area contributed by atoms with E-state index < -0.39 is 11.8 Å². The third-order valence-electron chi connectivity index (χ3n) is 2.86. The van der Waals surface area contributed by atoms with Gasteiger partial charge in [0.15, 0.2) is 0 Å². The lowest BCUT2D eigenvalue weighted by molar-refractivity contribution is -0.136. The lowest BCUT2D eigenvalue weighted by atomic mass is 10.2. The van der Waals surface area contributed by atoms with Crippen LogP contribution in [-0.4, -0.2) is 18.0 Å². The maximum Gasteiger partial charge on any atom is 0.329 e. The highest BCUT2D eigenvalue weighted by Gasteiger charge is 2.15. The second kappa shape index (κ2) is 7.76. The molecule has 0 fully saturated rings. The van der Waals surface area contributed by atoms with Crippen molar-refractivity contribution in [3.63, 3.8) is 0 Å². The highest BCUT2D eigenvalue weighted by Crippen LogP contribution is 2.29. The fourth-order valence-corrected chi connectivity index (χ4v) is 2.00. The number of nitrogens with zero attached hydrogens (tertiary/aromatic N) is 1. The molecule has 0 aliphatic carbocycles. The summed E-state index contributed by atoms with van der Waals surface area (Å²) in [6.45, 7) is 1.97. The van der Waals surface area contributed by atoms with Gasteiger partial charge < -0.3 is 5.32 Å². The molecule has 0 spiro atoms. The summed E-state index contributed by atoms with van der Waals surface area (Å²) in [5.41, 5.74) is 4.31. The number of aryl methyl sites for hydroxylation is 1. The number of anilines is 1. The summed E-state index contributed by atoms with van der Waals surface area (Å²) >= 11 is 11.8. The van der Waals surface area contributed by atoms with Crippen molar-refractivity contribution in [2.75, 3.05) is 5.32 Å². The summed E-state index contributed by atoms with van der Waals surface area (Å²) in [6.07, 6.45) is 1.44. The number of rotatable bonds is 3. The van der Waals surface area contributed by atoms with E-state index in [1.54, 1.807) is 12.1 Å². The summed E-state index contributed by atoms with van der Waals surface area (Å²) in [5.74, 6) is -1.81. The van der Waals surface area contributed by atoms with Gasteiger partial charge in [-0.25, -0.2) is 5.43 Å². The van der Waals surface area contributed by atoms with Crippen LogP contribution >= 0.6 is 23.2 Å². The second-order valence-corrected chi connectivity index (χ2v) is 5.45. The van der Waals surface area contributed by atoms with Crippen molar-refractivity contribution in [3.8, 4) is 0 Å². The van der Waals surface area contributed by atoms with Crippen LogP contribution < -0.4 is 10.7 Å². The van der Waals surface area contributed by atoms with Crippen LogP contribution in [0.4, 0.5) is 5.69 Å². The zero-order valence-electron chi connectivity index (χ0n) is 12.1. The van der Waals surface area contributed by atoms with Crippen LogP contribution in [0.25, 0.3) is 0 Å². The van der Waals surface area contributed by atoms with E-state index in [4.69, 9.17) is 23.2 Å². The zero-order chi connectivity index (χ0) is 16.8. The Labute approximate surface area is 143 Å². The first-order valence-electron chi connectivity index (χ1n) is 6.62. The Hall–Kier alpha value is -2.37. The van der Waals surface area contributed by atoms with Gasteiger partial charge in [0.2, 0.25) is 0 Å². The van der Waals surface area contributed by atoms with Gasteiger partial charge in [-0.15, -0.1) is 0 Å². The third-order valence-corrected chi connectivity index (χ3v) is 3.68. The SMILES string of the molecule is Cc1ccc(/C=N/NC(=O)C(=O)Nc2cccc(Cl)c2Cl)cc1. The highest BCUT2D eigenvalue weighted by molar-refractivity contribution is 6.45. The maximum absolute atomic E-state index is 11.8. The lowest BCUT2D eigenvalue weighted by Gasteiger charge is -2.06. The molecule has 0 bridgehead atoms. The molecule has 118 valence electrons. The zero-order valence-corrected chi connectivity index (χ0v) is 13.7. The minimum Gasteiger partial charge on any atom is -0.316 e. The van der Waals surface area contributed by atoms with E-state index in [2.05, 4.69) is 15.8 Å². The van der Waals surface area contributed by atoms with E-state index in [-0.39, 0.29) is 15.7 Å². The Morgan fingerprint density at radius 1 is 1.04 bits per heavy atom. The molecule has 2 amide bonds. The topological polar surface area (TPSA) is 70.6 Å². The van der Waals surface area contributed by atoms with Crippen molar-refractivity contribution >= 4 is 46.9 Å². The number of hydrogen-bond acceptors (Lipinski definition) is 3. The van der Waals surface area contributed by atoms with Crippen LogP contribution in [0, 0.1) is 6.92 Å². The van der Waals surface area contributed by atoms with Crippen molar-refractivity contribution < 1.29 is 9.59 Å². The van der Waals surface area contributed by atoms with Crippen LogP contribution in [0.2, 0.25) is 10.0 Å². The summed E-state index contributed by atoms with van der Waals surface area (Å²) < 4.78 is 0. The fraction of sp³-hybridized carbons (Fsp3) is 0.0625. The third kappa shape index (κ3) is 4.81. The van der Waals surface area contributed by atoms with Gasteiger partial charge in [-0.2, -0.15) is 5.10 Å². The molecule has 0 heterocycles. The minimum absolute atomic E-state index is 0.165. The molecule has 2 N–H and O–H groups in total. The van der Waals surface area contributed by atoms with Crippen LogP contribution in [0.5, 0.6) is 0 Å². The molecular weight excluding hydrogens is 337 g/mol. The number of amides is 2. The smallest absolute Gasteiger partial charge is 0.316 e. The molecule has 0 aliphatic rings. The van der Waals surface area contributed by atoms with Crippen molar-refractivity contribution in [1.82, 2.24) is 5.43 Å². The van der Waals surface area contributed by atoms with E-state index in [1.165, 1.54) is 12.3 Å². The van der Waals surface area contributed by atoms with E-state index >= 15 is 0 Å². The van der Waals surface area contributed by atoms with Gasteiger partial charge in [0.05, 0.1) is 21.9 Å². The standard InChI is InChI=1S/C16H13Cl2N3O2/c1-10-5-7-11(8-6-10)9-19-21-16(23)15(22)20-13-4-2-3-12(17)14(13)18/h2-9H,1H3,(H,20,22)(H,21,23)/b19-9+. The van der Waals surface area contributed by atoms with E-state index in [1.807, 2.05) is 31.2 Å². The molecule has 7 heteroatoms. The number of carbonyl (C=O) groups is 2. The first-order chi connectivity index (χ1) is 11.0. The van der Waals surface area contributed by atoms with Crippen molar-refractivity contribution in [2.45, 2.75) is 6.92 Å². The lowest BCUT2D eigenvalue weighted by Crippen LogP contribution is -2.32. The van der Waals surface area contributed by atoms with Gasteiger partial charge in [0.1, 0.15) is 0 Å². The van der Waals surface area contributed by atoms with Gasteiger partial charge in [0.25, 0.3) is 0 Å². The summed E-state index contributed by atoms with van der Waals surface area (Å²) in [5, 5.41) is 6.54. The van der Waals surface area contributed by atoms with Gasteiger partial charge in [0, 0.05) is 0 Å². The molecule has 0 unspecified atom stereocenters. The Balaban J connectivity index is 1.94. The van der Waals surface area contributed by atoms with Gasteiger partial charge in [-0.1, -0.05) is 59.1 Å². The van der Waals surface area contributed by atoms with E-state index in [0.717, 1.165) is 11.1 Å². The molecule has 2 rings (SSSR count). The second-order valence-electron chi connectivity index (χ2n) is 4.67. The van der Waals surface area contributed by atoms with Crippen molar-refractivity contribution in [3.05, 3.63) is 63.6 Å². The molecular formula is C16H13Cl2N3O2. The molecule has 23 heavy (non-hydrogen) atoms.